The molecule has 22 heavy (non-hydrogen) atoms. The van der Waals surface area contributed by atoms with Gasteiger partial charge in [0.15, 0.2) is 11.5 Å². The number of methoxy groups -OCH3 is 2. The monoisotopic (exact) mass is 366 g/mol. The van der Waals surface area contributed by atoms with Crippen molar-refractivity contribution in [3.8, 4) is 17.2 Å². The first kappa shape index (κ1) is 16.6. The zero-order chi connectivity index (χ0) is 16.1. The van der Waals surface area contributed by atoms with Gasteiger partial charge >= 0.3 is 0 Å². The van der Waals surface area contributed by atoms with E-state index >= 15 is 0 Å². The molecule has 0 amide bonds. The molecule has 2 aromatic rings. The van der Waals surface area contributed by atoms with Crippen LogP contribution in [0.15, 0.2) is 28.7 Å². The lowest BCUT2D eigenvalue weighted by atomic mass is 10.2. The molecule has 2 N–H and O–H groups in total. The highest BCUT2D eigenvalue weighted by atomic mass is 79.9. The van der Waals surface area contributed by atoms with E-state index < -0.39 is 0 Å². The SMILES string of the molecule is COc1cc(CNCc2nc(C)ccc2O)cc(Br)c1OC. The Morgan fingerprint density at radius 3 is 2.64 bits per heavy atom. The number of pyridine rings is 1. The number of ether oxygens (including phenoxy) is 2. The van der Waals surface area contributed by atoms with E-state index in [0.29, 0.717) is 30.3 Å². The lowest BCUT2D eigenvalue weighted by molar-refractivity contribution is 0.352. The van der Waals surface area contributed by atoms with E-state index in [9.17, 15) is 5.11 Å². The highest BCUT2D eigenvalue weighted by Crippen LogP contribution is 2.36. The number of aryl methyl sites for hydroxylation is 1. The first-order valence-corrected chi connectivity index (χ1v) is 7.61. The lowest BCUT2D eigenvalue weighted by Crippen LogP contribution is -2.14. The Morgan fingerprint density at radius 1 is 1.18 bits per heavy atom. The van der Waals surface area contributed by atoms with Crippen molar-refractivity contribution < 1.29 is 14.6 Å². The van der Waals surface area contributed by atoms with Crippen molar-refractivity contribution in [1.29, 1.82) is 0 Å². The average molecular weight is 367 g/mol. The third-order valence-corrected chi connectivity index (χ3v) is 3.79. The zero-order valence-corrected chi connectivity index (χ0v) is 14.4. The van der Waals surface area contributed by atoms with Crippen molar-refractivity contribution >= 4 is 15.9 Å². The smallest absolute Gasteiger partial charge is 0.174 e. The summed E-state index contributed by atoms with van der Waals surface area (Å²) in [5, 5.41) is 13.0. The first-order valence-electron chi connectivity index (χ1n) is 6.81. The summed E-state index contributed by atoms with van der Waals surface area (Å²) in [6, 6.07) is 7.33. The molecular formula is C16H19BrN2O3. The van der Waals surface area contributed by atoms with Crippen molar-refractivity contribution in [3.63, 3.8) is 0 Å². The fourth-order valence-corrected chi connectivity index (χ4v) is 2.78. The van der Waals surface area contributed by atoms with E-state index in [1.165, 1.54) is 0 Å². The summed E-state index contributed by atoms with van der Waals surface area (Å²) in [6.45, 7) is 3.00. The molecule has 5 nitrogen and oxygen atoms in total. The van der Waals surface area contributed by atoms with Crippen LogP contribution in [-0.2, 0) is 13.1 Å². The Balaban J connectivity index is 2.06. The van der Waals surface area contributed by atoms with Crippen LogP contribution in [0.25, 0.3) is 0 Å². The maximum absolute atomic E-state index is 9.78. The molecule has 0 radical (unpaired) electrons. The molecule has 0 saturated heterocycles. The van der Waals surface area contributed by atoms with Gasteiger partial charge in [-0.05, 0) is 52.7 Å². The van der Waals surface area contributed by atoms with E-state index in [2.05, 4.69) is 26.2 Å². The molecule has 1 aromatic heterocycles. The number of nitrogens with zero attached hydrogens (tertiary/aromatic N) is 1. The third-order valence-electron chi connectivity index (χ3n) is 3.20. The van der Waals surface area contributed by atoms with Gasteiger partial charge in [0, 0.05) is 18.8 Å². The minimum Gasteiger partial charge on any atom is -0.506 e. The predicted octanol–water partition coefficient (Wildman–Crippen LogP) is 3.17. The van der Waals surface area contributed by atoms with E-state index in [0.717, 1.165) is 15.7 Å². The van der Waals surface area contributed by atoms with Gasteiger partial charge in [-0.3, -0.25) is 4.98 Å². The number of aromatic hydroxyl groups is 1. The number of halogens is 1. The summed E-state index contributed by atoms with van der Waals surface area (Å²) in [7, 11) is 3.21. The molecule has 0 aliphatic carbocycles. The molecule has 0 spiro atoms. The fraction of sp³-hybridized carbons (Fsp3) is 0.312. The van der Waals surface area contributed by atoms with Crippen molar-refractivity contribution in [2.75, 3.05) is 14.2 Å². The molecule has 0 saturated carbocycles. The average Bonchev–Trinajstić information content (AvgIpc) is 2.50. The molecule has 118 valence electrons. The summed E-state index contributed by atoms with van der Waals surface area (Å²) >= 11 is 3.47. The number of hydrogen-bond acceptors (Lipinski definition) is 5. The zero-order valence-electron chi connectivity index (χ0n) is 12.8. The first-order chi connectivity index (χ1) is 10.5. The maximum atomic E-state index is 9.78. The second-order valence-electron chi connectivity index (χ2n) is 4.84. The van der Waals surface area contributed by atoms with Crippen molar-refractivity contribution in [2.45, 2.75) is 20.0 Å². The summed E-state index contributed by atoms with van der Waals surface area (Å²) in [6.07, 6.45) is 0. The molecule has 2 rings (SSSR count). The molecule has 0 aliphatic heterocycles. The Bertz CT molecular complexity index is 662. The molecule has 0 fully saturated rings. The standard InChI is InChI=1S/C16H19BrN2O3/c1-10-4-5-14(20)13(19-10)9-18-8-11-6-12(17)16(22-3)15(7-11)21-2/h4-7,18,20H,8-9H2,1-3H3. The lowest BCUT2D eigenvalue weighted by Gasteiger charge is -2.12. The Labute approximate surface area is 138 Å². The normalized spacial score (nSPS) is 10.5. The maximum Gasteiger partial charge on any atom is 0.174 e. The number of aromatic nitrogens is 1. The summed E-state index contributed by atoms with van der Waals surface area (Å²) in [4.78, 5) is 4.32. The molecular weight excluding hydrogens is 348 g/mol. The molecule has 0 unspecified atom stereocenters. The van der Waals surface area contributed by atoms with Gasteiger partial charge in [0.25, 0.3) is 0 Å². The molecule has 0 atom stereocenters. The van der Waals surface area contributed by atoms with Crippen LogP contribution in [0, 0.1) is 6.92 Å². The van der Waals surface area contributed by atoms with E-state index in [4.69, 9.17) is 9.47 Å². The van der Waals surface area contributed by atoms with Gasteiger partial charge in [0.05, 0.1) is 24.4 Å². The number of benzene rings is 1. The topological polar surface area (TPSA) is 63.6 Å². The largest absolute Gasteiger partial charge is 0.506 e. The van der Waals surface area contributed by atoms with Crippen LogP contribution in [0.3, 0.4) is 0 Å². The Kier molecular flexibility index (Phi) is 5.63. The summed E-state index contributed by atoms with van der Waals surface area (Å²) in [5.74, 6) is 1.54. The van der Waals surface area contributed by atoms with Crippen molar-refractivity contribution in [3.05, 3.63) is 45.7 Å². The van der Waals surface area contributed by atoms with Crippen LogP contribution in [-0.4, -0.2) is 24.3 Å². The molecule has 6 heteroatoms. The van der Waals surface area contributed by atoms with Crippen LogP contribution < -0.4 is 14.8 Å². The Morgan fingerprint density at radius 2 is 1.95 bits per heavy atom. The minimum atomic E-state index is 0.201. The highest BCUT2D eigenvalue weighted by molar-refractivity contribution is 9.10. The molecule has 1 heterocycles. The second kappa shape index (κ2) is 7.47. The van der Waals surface area contributed by atoms with Crippen LogP contribution >= 0.6 is 15.9 Å². The molecule has 0 bridgehead atoms. The van der Waals surface area contributed by atoms with Crippen LogP contribution in [0.2, 0.25) is 0 Å². The van der Waals surface area contributed by atoms with Crippen LogP contribution in [0.5, 0.6) is 17.2 Å². The minimum absolute atomic E-state index is 0.201. The van der Waals surface area contributed by atoms with Gasteiger partial charge in [-0.1, -0.05) is 0 Å². The fourth-order valence-electron chi connectivity index (χ4n) is 2.13. The summed E-state index contributed by atoms with van der Waals surface area (Å²) < 4.78 is 11.4. The quantitative estimate of drug-likeness (QED) is 0.821. The number of hydrogen-bond donors (Lipinski definition) is 2. The summed E-state index contributed by atoms with van der Waals surface area (Å²) in [5.41, 5.74) is 2.56. The van der Waals surface area contributed by atoms with Gasteiger partial charge in [0.2, 0.25) is 0 Å². The molecule has 1 aromatic carbocycles. The highest BCUT2D eigenvalue weighted by Gasteiger charge is 2.10. The predicted molar refractivity (Wildman–Crippen MR) is 88.4 cm³/mol. The van der Waals surface area contributed by atoms with Gasteiger partial charge in [0.1, 0.15) is 5.75 Å². The van der Waals surface area contributed by atoms with Crippen LogP contribution in [0.1, 0.15) is 17.0 Å². The van der Waals surface area contributed by atoms with Gasteiger partial charge in [-0.25, -0.2) is 0 Å². The number of nitrogens with one attached hydrogen (secondary N) is 1. The van der Waals surface area contributed by atoms with Gasteiger partial charge < -0.3 is 19.9 Å². The van der Waals surface area contributed by atoms with Gasteiger partial charge in [-0.15, -0.1) is 0 Å². The Hall–Kier alpha value is -1.79. The van der Waals surface area contributed by atoms with Crippen LogP contribution in [0.4, 0.5) is 0 Å². The second-order valence-corrected chi connectivity index (χ2v) is 5.69. The third kappa shape index (κ3) is 3.90. The van der Waals surface area contributed by atoms with E-state index in [1.54, 1.807) is 26.4 Å². The van der Waals surface area contributed by atoms with E-state index in [1.807, 2.05) is 19.1 Å². The molecule has 0 aliphatic rings. The van der Waals surface area contributed by atoms with Crippen molar-refractivity contribution in [2.24, 2.45) is 0 Å². The number of rotatable bonds is 6. The van der Waals surface area contributed by atoms with E-state index in [-0.39, 0.29) is 5.75 Å². The van der Waals surface area contributed by atoms with Crippen molar-refractivity contribution in [1.82, 2.24) is 10.3 Å². The van der Waals surface area contributed by atoms with Gasteiger partial charge in [-0.2, -0.15) is 0 Å².